The Balaban J connectivity index is 1.71. The molecule has 3 rings (SSSR count). The second-order valence-electron chi connectivity index (χ2n) is 6.29. The molecule has 1 N–H and O–H groups in total. The number of aliphatic hydroxyl groups is 1. The van der Waals surface area contributed by atoms with Crippen molar-refractivity contribution in [3.8, 4) is 0 Å². The molecule has 0 aromatic heterocycles. The number of halogens is 2. The van der Waals surface area contributed by atoms with Crippen LogP contribution in [0.25, 0.3) is 0 Å². The second-order valence-corrected chi connectivity index (χ2v) is 6.29. The number of aliphatic hydroxyl groups excluding tert-OH is 1. The molecule has 2 fully saturated rings. The van der Waals surface area contributed by atoms with Crippen molar-refractivity contribution in [1.29, 1.82) is 0 Å². The average molecular weight is 325 g/mol. The maximum Gasteiger partial charge on any atom is 0.223 e. The molecule has 0 saturated carbocycles. The van der Waals surface area contributed by atoms with Gasteiger partial charge < -0.3 is 14.7 Å². The van der Waals surface area contributed by atoms with E-state index >= 15 is 0 Å². The van der Waals surface area contributed by atoms with Crippen molar-refractivity contribution in [2.75, 3.05) is 13.2 Å². The fourth-order valence-electron chi connectivity index (χ4n) is 3.45. The summed E-state index contributed by atoms with van der Waals surface area (Å²) < 4.78 is 32.9. The molecule has 23 heavy (non-hydrogen) atoms. The van der Waals surface area contributed by atoms with Crippen LogP contribution in [0.4, 0.5) is 8.78 Å². The lowest BCUT2D eigenvalue weighted by atomic mass is 10.0. The normalized spacial score (nSPS) is 27.6. The lowest BCUT2D eigenvalue weighted by Gasteiger charge is -2.25. The first-order valence-electron chi connectivity index (χ1n) is 8.08. The zero-order valence-electron chi connectivity index (χ0n) is 12.9. The molecule has 4 nitrogen and oxygen atoms in total. The molecule has 2 aliphatic rings. The van der Waals surface area contributed by atoms with Crippen molar-refractivity contribution in [1.82, 2.24) is 4.90 Å². The Hall–Kier alpha value is -1.53. The topological polar surface area (TPSA) is 49.8 Å². The van der Waals surface area contributed by atoms with Crippen molar-refractivity contribution in [3.63, 3.8) is 0 Å². The van der Waals surface area contributed by atoms with E-state index in [0.29, 0.717) is 12.8 Å². The lowest BCUT2D eigenvalue weighted by molar-refractivity contribution is -0.133. The first-order chi connectivity index (χ1) is 11.0. The van der Waals surface area contributed by atoms with Gasteiger partial charge in [-0.15, -0.1) is 0 Å². The molecular weight excluding hydrogens is 304 g/mol. The smallest absolute Gasteiger partial charge is 0.223 e. The van der Waals surface area contributed by atoms with E-state index in [1.165, 1.54) is 4.90 Å². The Bertz CT molecular complexity index is 575. The highest BCUT2D eigenvalue weighted by atomic mass is 19.1. The van der Waals surface area contributed by atoms with Gasteiger partial charge >= 0.3 is 0 Å². The standard InChI is InChI=1S/C17H21F2NO3/c18-11-3-5-15(19)14(8-11)16-9-12(21)10-20(16)17(22)6-4-13-2-1-7-23-13/h3,5,8,12-13,16,21H,1-2,4,6-7,9-10H2/t12-,13-,16+/m0/s1. The van der Waals surface area contributed by atoms with Gasteiger partial charge in [-0.3, -0.25) is 4.79 Å². The van der Waals surface area contributed by atoms with Crippen molar-refractivity contribution in [2.45, 2.75) is 50.4 Å². The number of hydrogen-bond donors (Lipinski definition) is 1. The molecule has 0 spiro atoms. The number of benzene rings is 1. The van der Waals surface area contributed by atoms with E-state index < -0.39 is 23.8 Å². The predicted octanol–water partition coefficient (Wildman–Crippen LogP) is 2.56. The molecule has 2 saturated heterocycles. The molecule has 0 bridgehead atoms. The summed E-state index contributed by atoms with van der Waals surface area (Å²) in [6.45, 7) is 0.892. The summed E-state index contributed by atoms with van der Waals surface area (Å²) in [7, 11) is 0. The maximum absolute atomic E-state index is 14.0. The number of carbonyl (C=O) groups is 1. The van der Waals surface area contributed by atoms with E-state index in [1.807, 2.05) is 0 Å². The summed E-state index contributed by atoms with van der Waals surface area (Å²) in [5.74, 6) is -1.25. The van der Waals surface area contributed by atoms with Gasteiger partial charge in [-0.1, -0.05) is 0 Å². The summed E-state index contributed by atoms with van der Waals surface area (Å²) in [6, 6.07) is 2.61. The summed E-state index contributed by atoms with van der Waals surface area (Å²) in [4.78, 5) is 13.9. The third-order valence-electron chi connectivity index (χ3n) is 4.62. The van der Waals surface area contributed by atoms with E-state index in [4.69, 9.17) is 4.74 Å². The van der Waals surface area contributed by atoms with Gasteiger partial charge in [-0.05, 0) is 43.9 Å². The minimum atomic E-state index is -0.714. The number of ether oxygens (including phenoxy) is 1. The molecule has 0 unspecified atom stereocenters. The molecule has 6 heteroatoms. The van der Waals surface area contributed by atoms with Gasteiger partial charge in [0.25, 0.3) is 0 Å². The number of amides is 1. The van der Waals surface area contributed by atoms with Crippen LogP contribution in [0.1, 0.15) is 43.7 Å². The molecule has 2 heterocycles. The number of rotatable bonds is 4. The predicted molar refractivity (Wildman–Crippen MR) is 79.6 cm³/mol. The van der Waals surface area contributed by atoms with Gasteiger partial charge in [0, 0.05) is 25.1 Å². The molecule has 126 valence electrons. The van der Waals surface area contributed by atoms with Crippen molar-refractivity contribution in [3.05, 3.63) is 35.4 Å². The van der Waals surface area contributed by atoms with E-state index in [2.05, 4.69) is 0 Å². The van der Waals surface area contributed by atoms with E-state index in [0.717, 1.165) is 37.6 Å². The Kier molecular flexibility index (Phi) is 4.92. The minimum absolute atomic E-state index is 0.107. The first-order valence-corrected chi connectivity index (χ1v) is 8.08. The number of β-amino-alcohol motifs (C(OH)–C–C–N with tert-alkyl or cyclic N) is 1. The van der Waals surface area contributed by atoms with Gasteiger partial charge in [0.2, 0.25) is 5.91 Å². The largest absolute Gasteiger partial charge is 0.391 e. The summed E-state index contributed by atoms with van der Waals surface area (Å²) in [6.07, 6.45) is 2.52. The first kappa shape index (κ1) is 16.3. The van der Waals surface area contributed by atoms with Crippen LogP contribution in [-0.2, 0) is 9.53 Å². The van der Waals surface area contributed by atoms with Crippen LogP contribution in [0.3, 0.4) is 0 Å². The Morgan fingerprint density at radius 1 is 1.39 bits per heavy atom. The van der Waals surface area contributed by atoms with Gasteiger partial charge in [0.05, 0.1) is 18.2 Å². The number of carbonyl (C=O) groups excluding carboxylic acids is 1. The Labute approximate surface area is 134 Å². The monoisotopic (exact) mass is 325 g/mol. The van der Waals surface area contributed by atoms with Crippen LogP contribution in [-0.4, -0.2) is 41.3 Å². The molecule has 2 aliphatic heterocycles. The quantitative estimate of drug-likeness (QED) is 0.925. The summed E-state index contributed by atoms with van der Waals surface area (Å²) in [5, 5.41) is 9.89. The fourth-order valence-corrected chi connectivity index (χ4v) is 3.45. The lowest BCUT2D eigenvalue weighted by Crippen LogP contribution is -2.32. The molecule has 0 aliphatic carbocycles. The van der Waals surface area contributed by atoms with Crippen molar-refractivity contribution < 1.29 is 23.4 Å². The van der Waals surface area contributed by atoms with Gasteiger partial charge in [0.15, 0.2) is 0 Å². The van der Waals surface area contributed by atoms with Gasteiger partial charge in [-0.2, -0.15) is 0 Å². The number of likely N-dealkylation sites (tertiary alicyclic amines) is 1. The zero-order valence-corrected chi connectivity index (χ0v) is 12.9. The second kappa shape index (κ2) is 6.93. The Morgan fingerprint density at radius 3 is 2.96 bits per heavy atom. The highest BCUT2D eigenvalue weighted by molar-refractivity contribution is 5.77. The SMILES string of the molecule is O=C(CC[C@@H]1CCCO1)N1C[C@@H](O)C[C@@H]1c1cc(F)ccc1F. The van der Waals surface area contributed by atoms with Gasteiger partial charge in [0.1, 0.15) is 11.6 Å². The zero-order chi connectivity index (χ0) is 16.4. The number of hydrogen-bond acceptors (Lipinski definition) is 3. The van der Waals surface area contributed by atoms with E-state index in [9.17, 15) is 18.7 Å². The van der Waals surface area contributed by atoms with Crippen LogP contribution < -0.4 is 0 Å². The summed E-state index contributed by atoms with van der Waals surface area (Å²) >= 11 is 0. The van der Waals surface area contributed by atoms with E-state index in [1.54, 1.807) is 0 Å². The highest BCUT2D eigenvalue weighted by Crippen LogP contribution is 2.35. The van der Waals surface area contributed by atoms with Crippen LogP contribution in [0, 0.1) is 11.6 Å². The van der Waals surface area contributed by atoms with Crippen LogP contribution in [0.5, 0.6) is 0 Å². The molecular formula is C17H21F2NO3. The number of nitrogens with zero attached hydrogens (tertiary/aromatic N) is 1. The third kappa shape index (κ3) is 3.70. The Morgan fingerprint density at radius 2 is 2.22 bits per heavy atom. The minimum Gasteiger partial charge on any atom is -0.391 e. The third-order valence-corrected chi connectivity index (χ3v) is 4.62. The van der Waals surface area contributed by atoms with Crippen LogP contribution in [0.2, 0.25) is 0 Å². The highest BCUT2D eigenvalue weighted by Gasteiger charge is 2.36. The molecule has 3 atom stereocenters. The van der Waals surface area contributed by atoms with Crippen molar-refractivity contribution >= 4 is 5.91 Å². The van der Waals surface area contributed by atoms with Crippen LogP contribution in [0.15, 0.2) is 18.2 Å². The van der Waals surface area contributed by atoms with Gasteiger partial charge in [-0.25, -0.2) is 8.78 Å². The van der Waals surface area contributed by atoms with E-state index in [-0.39, 0.29) is 30.5 Å². The fraction of sp³-hybridized carbons (Fsp3) is 0.588. The maximum atomic E-state index is 14.0. The molecule has 1 aromatic carbocycles. The average Bonchev–Trinajstić information content (AvgIpc) is 3.16. The molecule has 0 radical (unpaired) electrons. The molecule has 1 aromatic rings. The summed E-state index contributed by atoms with van der Waals surface area (Å²) in [5.41, 5.74) is 0.131. The van der Waals surface area contributed by atoms with Crippen LogP contribution >= 0.6 is 0 Å². The molecule has 1 amide bonds. The van der Waals surface area contributed by atoms with Crippen molar-refractivity contribution in [2.24, 2.45) is 0 Å².